The third-order valence-corrected chi connectivity index (χ3v) is 9.30. The molecular weight excluding hydrogens is 585 g/mol. The Balaban J connectivity index is 1.15. The van der Waals surface area contributed by atoms with Crippen molar-refractivity contribution in [3.05, 3.63) is 74.6 Å². The molecule has 238 valence electrons. The van der Waals surface area contributed by atoms with Gasteiger partial charge in [0.1, 0.15) is 11.9 Å². The summed E-state index contributed by atoms with van der Waals surface area (Å²) in [5.41, 5.74) is 2.90. The van der Waals surface area contributed by atoms with Crippen LogP contribution < -0.4 is 15.9 Å². The zero-order valence-electron chi connectivity index (χ0n) is 25.7. The van der Waals surface area contributed by atoms with Gasteiger partial charge in [-0.3, -0.25) is 14.4 Å². The van der Waals surface area contributed by atoms with E-state index in [1.54, 1.807) is 24.0 Å². The SMILES string of the molecule is COc1ccc2c(n1)CCN(C(=O)[C@H]1C[C@@H](CC(=O)OCc3oc(=O)oc3C)C1)C2C(=O)Nc1cc(F)c2c(c1)CCC2(C)C. The molecule has 1 N–H and O–H groups in total. The maximum Gasteiger partial charge on any atom is 0.519 e. The lowest BCUT2D eigenvalue weighted by atomic mass is 9.72. The van der Waals surface area contributed by atoms with Crippen LogP contribution in [-0.4, -0.2) is 41.3 Å². The Morgan fingerprint density at radius 3 is 2.64 bits per heavy atom. The van der Waals surface area contributed by atoms with E-state index in [0.717, 1.165) is 18.4 Å². The van der Waals surface area contributed by atoms with E-state index in [9.17, 15) is 19.2 Å². The maximum absolute atomic E-state index is 15.2. The number of methoxy groups -OCH3 is 1. The number of aryl methyl sites for hydroxylation is 2. The van der Waals surface area contributed by atoms with Gasteiger partial charge in [0.05, 0.1) is 12.8 Å². The van der Waals surface area contributed by atoms with Crippen LogP contribution in [0.4, 0.5) is 10.1 Å². The second kappa shape index (κ2) is 11.8. The highest BCUT2D eigenvalue weighted by Crippen LogP contribution is 2.43. The quantitative estimate of drug-likeness (QED) is 0.359. The predicted molar refractivity (Wildman–Crippen MR) is 158 cm³/mol. The number of benzene rings is 1. The Kier molecular flexibility index (Phi) is 8.00. The summed E-state index contributed by atoms with van der Waals surface area (Å²) >= 11 is 0. The summed E-state index contributed by atoms with van der Waals surface area (Å²) in [5.74, 6) is -1.91. The van der Waals surface area contributed by atoms with Crippen molar-refractivity contribution in [3.8, 4) is 5.88 Å². The Morgan fingerprint density at radius 2 is 1.93 bits per heavy atom. The molecule has 1 fully saturated rings. The summed E-state index contributed by atoms with van der Waals surface area (Å²) < 4.78 is 35.3. The first-order chi connectivity index (χ1) is 21.4. The molecule has 1 saturated carbocycles. The summed E-state index contributed by atoms with van der Waals surface area (Å²) in [4.78, 5) is 57.4. The zero-order chi connectivity index (χ0) is 32.0. The van der Waals surface area contributed by atoms with Crippen molar-refractivity contribution in [3.63, 3.8) is 0 Å². The number of nitrogens with one attached hydrogen (secondary N) is 1. The van der Waals surface area contributed by atoms with E-state index in [4.69, 9.17) is 18.3 Å². The monoisotopic (exact) mass is 621 g/mol. The minimum Gasteiger partial charge on any atom is -0.481 e. The van der Waals surface area contributed by atoms with E-state index in [-0.39, 0.29) is 60.1 Å². The van der Waals surface area contributed by atoms with Crippen LogP contribution in [0.15, 0.2) is 37.9 Å². The van der Waals surface area contributed by atoms with E-state index in [1.165, 1.54) is 13.2 Å². The number of hydrogen-bond donors (Lipinski definition) is 1. The van der Waals surface area contributed by atoms with Crippen LogP contribution in [-0.2, 0) is 44.0 Å². The van der Waals surface area contributed by atoms with Gasteiger partial charge in [0.25, 0.3) is 5.91 Å². The smallest absolute Gasteiger partial charge is 0.481 e. The molecule has 3 heterocycles. The molecule has 1 aromatic carbocycles. The maximum atomic E-state index is 15.2. The van der Waals surface area contributed by atoms with Crippen molar-refractivity contribution in [1.29, 1.82) is 0 Å². The third kappa shape index (κ3) is 5.97. The molecule has 1 aliphatic heterocycles. The largest absolute Gasteiger partial charge is 0.519 e. The fourth-order valence-corrected chi connectivity index (χ4v) is 6.86. The molecule has 2 amide bonds. The normalized spacial score (nSPS) is 21.4. The van der Waals surface area contributed by atoms with Gasteiger partial charge in [-0.1, -0.05) is 13.8 Å². The van der Waals surface area contributed by atoms with Crippen LogP contribution in [0.5, 0.6) is 5.88 Å². The van der Waals surface area contributed by atoms with Gasteiger partial charge in [-0.05, 0) is 73.3 Å². The predicted octanol–water partition coefficient (Wildman–Crippen LogP) is 4.53. The molecule has 45 heavy (non-hydrogen) atoms. The van der Waals surface area contributed by atoms with E-state index in [0.29, 0.717) is 47.7 Å². The van der Waals surface area contributed by atoms with Crippen LogP contribution in [0.2, 0.25) is 0 Å². The lowest BCUT2D eigenvalue weighted by Gasteiger charge is -2.42. The van der Waals surface area contributed by atoms with Gasteiger partial charge in [-0.15, -0.1) is 0 Å². The first-order valence-electron chi connectivity index (χ1n) is 15.2. The Bertz CT molecular complexity index is 1720. The van der Waals surface area contributed by atoms with E-state index in [2.05, 4.69) is 10.3 Å². The van der Waals surface area contributed by atoms with Crippen LogP contribution in [0.1, 0.15) is 79.5 Å². The molecule has 3 aliphatic rings. The summed E-state index contributed by atoms with van der Waals surface area (Å²) in [5, 5.41) is 2.88. The molecule has 12 heteroatoms. The number of esters is 1. The number of pyridine rings is 1. The second-order valence-electron chi connectivity index (χ2n) is 12.8. The first-order valence-corrected chi connectivity index (χ1v) is 15.2. The Morgan fingerprint density at radius 1 is 1.16 bits per heavy atom. The van der Waals surface area contributed by atoms with Crippen molar-refractivity contribution in [1.82, 2.24) is 9.88 Å². The van der Waals surface area contributed by atoms with Crippen molar-refractivity contribution in [2.24, 2.45) is 11.8 Å². The van der Waals surface area contributed by atoms with Gasteiger partial charge in [-0.25, -0.2) is 14.2 Å². The summed E-state index contributed by atoms with van der Waals surface area (Å²) in [6, 6.07) is 5.61. The molecule has 0 saturated heterocycles. The minimum atomic E-state index is -0.968. The number of carbonyl (C=O) groups excluding carboxylic acids is 3. The molecule has 2 aliphatic carbocycles. The zero-order valence-corrected chi connectivity index (χ0v) is 25.7. The molecule has 6 rings (SSSR count). The highest BCUT2D eigenvalue weighted by Gasteiger charge is 2.44. The standard InChI is InChI=1S/C33H36FN3O8/c1-17-25(45-32(41)44-17)16-43-27(38)13-18-11-20(12-18)31(40)37-10-8-24-22(5-6-26(36-24)42-4)29(37)30(39)35-21-14-19-7-9-33(2,3)28(19)23(34)15-21/h5-6,14-15,18,20,29H,7-13,16H2,1-4H3,(H,35,39)/t18-,20+,29?. The average Bonchev–Trinajstić information content (AvgIpc) is 3.47. The van der Waals surface area contributed by atoms with Gasteiger partial charge < -0.3 is 28.5 Å². The molecule has 3 aromatic rings. The summed E-state index contributed by atoms with van der Waals surface area (Å²) in [6.07, 6.45) is 3.04. The number of carbonyl (C=O) groups is 3. The van der Waals surface area contributed by atoms with Gasteiger partial charge in [0.2, 0.25) is 11.8 Å². The number of amides is 2. The van der Waals surface area contributed by atoms with E-state index < -0.39 is 23.7 Å². The van der Waals surface area contributed by atoms with Crippen LogP contribution in [0, 0.1) is 24.6 Å². The number of aromatic nitrogens is 1. The number of hydrogen-bond acceptors (Lipinski definition) is 9. The Labute approximate surface area is 259 Å². The van der Waals surface area contributed by atoms with Gasteiger partial charge in [0.15, 0.2) is 18.1 Å². The third-order valence-electron chi connectivity index (χ3n) is 9.30. The van der Waals surface area contributed by atoms with E-state index in [1.807, 2.05) is 19.9 Å². The molecule has 0 spiro atoms. The molecule has 2 aromatic heterocycles. The lowest BCUT2D eigenvalue weighted by molar-refractivity contribution is -0.152. The van der Waals surface area contributed by atoms with E-state index >= 15 is 4.39 Å². The van der Waals surface area contributed by atoms with Gasteiger partial charge in [0, 0.05) is 42.6 Å². The van der Waals surface area contributed by atoms with Gasteiger partial charge >= 0.3 is 11.8 Å². The number of anilines is 1. The van der Waals surface area contributed by atoms with Gasteiger partial charge in [-0.2, -0.15) is 0 Å². The van der Waals surface area contributed by atoms with Crippen LogP contribution in [0.25, 0.3) is 0 Å². The fourth-order valence-electron chi connectivity index (χ4n) is 6.86. The number of halogens is 1. The summed E-state index contributed by atoms with van der Waals surface area (Å²) in [6.45, 7) is 5.64. The van der Waals surface area contributed by atoms with Crippen molar-refractivity contribution in [2.45, 2.75) is 77.4 Å². The molecule has 1 unspecified atom stereocenters. The number of rotatable bonds is 8. The molecular formula is C33H36FN3O8. The number of ether oxygens (including phenoxy) is 2. The fraction of sp³-hybridized carbons (Fsp3) is 0.485. The highest BCUT2D eigenvalue weighted by molar-refractivity contribution is 5.99. The topological polar surface area (TPSA) is 141 Å². The van der Waals surface area contributed by atoms with Crippen LogP contribution >= 0.6 is 0 Å². The molecule has 1 atom stereocenters. The van der Waals surface area contributed by atoms with Crippen molar-refractivity contribution in [2.75, 3.05) is 19.0 Å². The lowest BCUT2D eigenvalue weighted by Crippen LogP contribution is -2.50. The second-order valence-corrected chi connectivity index (χ2v) is 12.8. The summed E-state index contributed by atoms with van der Waals surface area (Å²) in [7, 11) is 1.51. The highest BCUT2D eigenvalue weighted by atomic mass is 19.1. The molecule has 11 nitrogen and oxygen atoms in total. The minimum absolute atomic E-state index is 0.0576. The first kappa shape index (κ1) is 30.5. The molecule has 0 radical (unpaired) electrons. The van der Waals surface area contributed by atoms with Crippen molar-refractivity contribution < 1.29 is 37.1 Å². The number of nitrogens with zero attached hydrogens (tertiary/aromatic N) is 2. The number of fused-ring (bicyclic) bond motifs is 2. The molecule has 0 bridgehead atoms. The van der Waals surface area contributed by atoms with Crippen LogP contribution in [0.3, 0.4) is 0 Å². The average molecular weight is 622 g/mol. The van der Waals surface area contributed by atoms with Crippen molar-refractivity contribution >= 4 is 23.5 Å². The Hall–Kier alpha value is -4.48.